The second-order valence-electron chi connectivity index (χ2n) is 6.56. The van der Waals surface area contributed by atoms with Gasteiger partial charge in [0.25, 0.3) is 17.7 Å². The zero-order valence-electron chi connectivity index (χ0n) is 16.3. The van der Waals surface area contributed by atoms with Crippen molar-refractivity contribution in [1.29, 1.82) is 0 Å². The number of benzene rings is 3. The number of anilines is 1. The van der Waals surface area contributed by atoms with Crippen molar-refractivity contribution in [2.45, 2.75) is 0 Å². The molecule has 31 heavy (non-hydrogen) atoms. The van der Waals surface area contributed by atoms with Crippen LogP contribution < -0.4 is 10.1 Å². The van der Waals surface area contributed by atoms with Gasteiger partial charge in [0, 0.05) is 5.56 Å². The first kappa shape index (κ1) is 19.8. The van der Waals surface area contributed by atoms with Gasteiger partial charge in [0.1, 0.15) is 5.75 Å². The Morgan fingerprint density at radius 1 is 0.806 bits per heavy atom. The number of para-hydroxylation sites is 1. The van der Waals surface area contributed by atoms with Gasteiger partial charge < -0.3 is 14.9 Å². The number of methoxy groups -OCH3 is 1. The molecule has 0 saturated carbocycles. The number of carbonyl (C=O) groups excluding carboxylic acids is 4. The number of hydrogen-bond donors (Lipinski definition) is 1. The quantitative estimate of drug-likeness (QED) is 0.641. The number of rotatable bonds is 5. The van der Waals surface area contributed by atoms with E-state index < -0.39 is 23.7 Å². The van der Waals surface area contributed by atoms with Crippen molar-refractivity contribution in [3.05, 3.63) is 95.1 Å². The minimum Gasteiger partial charge on any atom is -0.497 e. The molecule has 0 unspecified atom stereocenters. The van der Waals surface area contributed by atoms with Crippen molar-refractivity contribution in [3.8, 4) is 5.75 Å². The number of hydroxylamine groups is 2. The maximum absolute atomic E-state index is 12.7. The molecule has 0 fully saturated rings. The number of nitrogens with zero attached hydrogens (tertiary/aromatic N) is 1. The molecule has 0 spiro atoms. The molecule has 8 heteroatoms. The summed E-state index contributed by atoms with van der Waals surface area (Å²) in [4.78, 5) is 55.2. The number of hydrogen-bond acceptors (Lipinski definition) is 6. The van der Waals surface area contributed by atoms with Gasteiger partial charge >= 0.3 is 5.97 Å². The molecule has 0 saturated heterocycles. The van der Waals surface area contributed by atoms with Crippen molar-refractivity contribution < 1.29 is 28.8 Å². The molecule has 3 aromatic rings. The van der Waals surface area contributed by atoms with Crippen LogP contribution in [-0.4, -0.2) is 35.9 Å². The van der Waals surface area contributed by atoms with E-state index in [4.69, 9.17) is 9.57 Å². The first-order valence-corrected chi connectivity index (χ1v) is 9.24. The summed E-state index contributed by atoms with van der Waals surface area (Å²) in [6, 6.07) is 18.7. The van der Waals surface area contributed by atoms with Crippen molar-refractivity contribution in [2.75, 3.05) is 12.4 Å². The molecule has 3 aromatic carbocycles. The summed E-state index contributed by atoms with van der Waals surface area (Å²) in [5.74, 6) is -2.27. The molecular formula is C23H16N2O6. The predicted molar refractivity (Wildman–Crippen MR) is 110 cm³/mol. The molecule has 1 aliphatic rings. The summed E-state index contributed by atoms with van der Waals surface area (Å²) in [5.41, 5.74) is 0.818. The van der Waals surface area contributed by atoms with Crippen LogP contribution in [0.4, 0.5) is 5.69 Å². The SMILES string of the molecule is COc1ccc(C(=O)Nc2ccccc2C(=O)ON2C(=O)c3ccccc3C2=O)cc1. The predicted octanol–water partition coefficient (Wildman–Crippen LogP) is 3.32. The monoisotopic (exact) mass is 416 g/mol. The van der Waals surface area contributed by atoms with Crippen molar-refractivity contribution >= 4 is 29.4 Å². The van der Waals surface area contributed by atoms with Crippen LogP contribution >= 0.6 is 0 Å². The Labute approximate surface area is 177 Å². The fraction of sp³-hybridized carbons (Fsp3) is 0.0435. The van der Waals surface area contributed by atoms with E-state index in [2.05, 4.69) is 5.32 Å². The molecule has 4 rings (SSSR count). The number of fused-ring (bicyclic) bond motifs is 1. The van der Waals surface area contributed by atoms with Crippen LogP contribution in [0.3, 0.4) is 0 Å². The second kappa shape index (κ2) is 8.11. The summed E-state index contributed by atoms with van der Waals surface area (Å²) < 4.78 is 5.07. The van der Waals surface area contributed by atoms with E-state index in [1.54, 1.807) is 48.5 Å². The molecule has 1 heterocycles. The van der Waals surface area contributed by atoms with Gasteiger partial charge in [0.15, 0.2) is 0 Å². The molecule has 0 radical (unpaired) electrons. The van der Waals surface area contributed by atoms with Crippen LogP contribution in [0.1, 0.15) is 41.4 Å². The first-order chi connectivity index (χ1) is 15.0. The lowest BCUT2D eigenvalue weighted by atomic mass is 10.1. The minimum absolute atomic E-state index is 0.0130. The Balaban J connectivity index is 1.53. The van der Waals surface area contributed by atoms with Gasteiger partial charge in [0.2, 0.25) is 0 Å². The van der Waals surface area contributed by atoms with Crippen LogP contribution in [-0.2, 0) is 4.84 Å². The van der Waals surface area contributed by atoms with E-state index >= 15 is 0 Å². The number of ether oxygens (including phenoxy) is 1. The van der Waals surface area contributed by atoms with Crippen molar-refractivity contribution in [1.82, 2.24) is 5.06 Å². The smallest absolute Gasteiger partial charge is 0.366 e. The Morgan fingerprint density at radius 3 is 2.00 bits per heavy atom. The minimum atomic E-state index is -0.958. The maximum Gasteiger partial charge on any atom is 0.366 e. The Morgan fingerprint density at radius 2 is 1.39 bits per heavy atom. The molecule has 1 N–H and O–H groups in total. The molecule has 0 aliphatic carbocycles. The molecule has 8 nitrogen and oxygen atoms in total. The number of nitrogens with one attached hydrogen (secondary N) is 1. The third-order valence-electron chi connectivity index (χ3n) is 4.68. The van der Waals surface area contributed by atoms with Gasteiger partial charge in [-0.15, -0.1) is 0 Å². The third kappa shape index (κ3) is 3.74. The molecule has 0 bridgehead atoms. The van der Waals surface area contributed by atoms with E-state index in [0.29, 0.717) is 16.4 Å². The van der Waals surface area contributed by atoms with Crippen LogP contribution in [0.2, 0.25) is 0 Å². The lowest BCUT2D eigenvalue weighted by Crippen LogP contribution is -2.33. The van der Waals surface area contributed by atoms with Gasteiger partial charge in [-0.2, -0.15) is 0 Å². The highest BCUT2D eigenvalue weighted by Crippen LogP contribution is 2.25. The average molecular weight is 416 g/mol. The van der Waals surface area contributed by atoms with E-state index in [1.807, 2.05) is 0 Å². The van der Waals surface area contributed by atoms with Crippen LogP contribution in [0.25, 0.3) is 0 Å². The van der Waals surface area contributed by atoms with Gasteiger partial charge in [-0.1, -0.05) is 29.3 Å². The summed E-state index contributed by atoms with van der Waals surface area (Å²) in [5, 5.41) is 3.07. The van der Waals surface area contributed by atoms with Gasteiger partial charge in [-0.3, -0.25) is 14.4 Å². The molecule has 154 valence electrons. The van der Waals surface area contributed by atoms with E-state index in [1.165, 1.54) is 31.4 Å². The fourth-order valence-electron chi connectivity index (χ4n) is 3.09. The largest absolute Gasteiger partial charge is 0.497 e. The summed E-state index contributed by atoms with van der Waals surface area (Å²) >= 11 is 0. The summed E-state index contributed by atoms with van der Waals surface area (Å²) in [6.45, 7) is 0. The summed E-state index contributed by atoms with van der Waals surface area (Å²) in [7, 11) is 1.52. The van der Waals surface area contributed by atoms with E-state index in [0.717, 1.165) is 0 Å². The molecule has 0 atom stereocenters. The van der Waals surface area contributed by atoms with Crippen molar-refractivity contribution in [2.24, 2.45) is 0 Å². The molecular weight excluding hydrogens is 400 g/mol. The van der Waals surface area contributed by atoms with Gasteiger partial charge in [-0.25, -0.2) is 4.79 Å². The van der Waals surface area contributed by atoms with Gasteiger partial charge in [-0.05, 0) is 48.5 Å². The average Bonchev–Trinajstić information content (AvgIpc) is 3.04. The fourth-order valence-corrected chi connectivity index (χ4v) is 3.09. The lowest BCUT2D eigenvalue weighted by Gasteiger charge is -2.15. The number of imide groups is 1. The highest BCUT2D eigenvalue weighted by Gasteiger charge is 2.39. The topological polar surface area (TPSA) is 102 Å². The Kier molecular flexibility index (Phi) is 5.19. The maximum atomic E-state index is 12.7. The second-order valence-corrected chi connectivity index (χ2v) is 6.56. The number of amides is 3. The van der Waals surface area contributed by atoms with Gasteiger partial charge in [0.05, 0.1) is 29.5 Å². The normalized spacial score (nSPS) is 12.4. The highest BCUT2D eigenvalue weighted by molar-refractivity contribution is 6.21. The highest BCUT2D eigenvalue weighted by atomic mass is 16.7. The van der Waals surface area contributed by atoms with Crippen LogP contribution in [0.5, 0.6) is 5.75 Å². The lowest BCUT2D eigenvalue weighted by molar-refractivity contribution is -0.0583. The standard InChI is InChI=1S/C23H16N2O6/c1-30-15-12-10-14(11-13-15)20(26)24-19-9-5-4-8-18(19)23(29)31-25-21(27)16-6-2-3-7-17(16)22(25)28/h2-13H,1H3,(H,24,26). The third-order valence-corrected chi connectivity index (χ3v) is 4.68. The van der Waals surface area contributed by atoms with Crippen molar-refractivity contribution in [3.63, 3.8) is 0 Å². The van der Waals surface area contributed by atoms with E-state index in [-0.39, 0.29) is 22.4 Å². The Hall–Kier alpha value is -4.46. The number of carbonyl (C=O) groups is 4. The molecule has 0 aromatic heterocycles. The zero-order valence-corrected chi connectivity index (χ0v) is 16.3. The van der Waals surface area contributed by atoms with E-state index in [9.17, 15) is 19.2 Å². The zero-order chi connectivity index (χ0) is 22.0. The Bertz CT molecular complexity index is 1170. The van der Waals surface area contributed by atoms with Crippen LogP contribution in [0.15, 0.2) is 72.8 Å². The summed E-state index contributed by atoms with van der Waals surface area (Å²) in [6.07, 6.45) is 0. The molecule has 1 aliphatic heterocycles. The van der Waals surface area contributed by atoms with Crippen LogP contribution in [0, 0.1) is 0 Å². The first-order valence-electron chi connectivity index (χ1n) is 9.24. The molecule has 3 amide bonds.